The predicted octanol–water partition coefficient (Wildman–Crippen LogP) is -0.637. The lowest BCUT2D eigenvalue weighted by molar-refractivity contribution is -0.114. The van der Waals surface area contributed by atoms with Crippen LogP contribution < -0.4 is 0 Å². The third-order valence-corrected chi connectivity index (χ3v) is 0.506. The fourth-order valence-corrected chi connectivity index (χ4v) is 0.0519. The molecule has 0 aliphatic carbocycles. The lowest BCUT2D eigenvalue weighted by atomic mass is 10.1. The third kappa shape index (κ3) is 1.97. The van der Waals surface area contributed by atoms with Gasteiger partial charge in [0.2, 0.25) is 14.3 Å². The highest BCUT2D eigenvalue weighted by Gasteiger charge is 1.93. The van der Waals surface area contributed by atoms with Crippen LogP contribution in [0.25, 0.3) is 0 Å². The number of rotatable bonds is 1. The molecule has 0 saturated carbocycles. The van der Waals surface area contributed by atoms with Crippen molar-refractivity contribution in [2.24, 2.45) is 0 Å². The van der Waals surface area contributed by atoms with Crippen molar-refractivity contribution in [3.8, 4) is 0 Å². The predicted molar refractivity (Wildman–Crippen MR) is 25.0 cm³/mol. The highest BCUT2D eigenvalue weighted by molar-refractivity contribution is 6.57. The summed E-state index contributed by atoms with van der Waals surface area (Å²) in [6.45, 7) is 0. The van der Waals surface area contributed by atoms with Gasteiger partial charge in [0.1, 0.15) is 0 Å². The van der Waals surface area contributed by atoms with Crippen LogP contribution in [-0.2, 0) is 4.79 Å². The number of carbonyl (C=O) groups is 2. The van der Waals surface area contributed by atoms with Gasteiger partial charge in [0, 0.05) is 7.05 Å². The van der Waals surface area contributed by atoms with Crippen LogP contribution >= 0.6 is 0 Å². The first-order valence-corrected chi connectivity index (χ1v) is 1.66. The topological polar surface area (TPSA) is 37.4 Å². The molecule has 0 atom stereocenters. The van der Waals surface area contributed by atoms with E-state index in [9.17, 15) is 9.59 Å². The Hall–Kier alpha value is -0.795. The number of carbonyl (C=O) groups excluding carboxylic acids is 2. The summed E-state index contributed by atoms with van der Waals surface area (Å²) in [5.74, 6) is -0.741. The maximum Gasteiger partial charge on any atom is 0.215 e. The van der Waals surface area contributed by atoms with Gasteiger partial charge in [0.25, 0.3) is 0 Å². The molecule has 36 valence electrons. The van der Waals surface area contributed by atoms with Gasteiger partial charge in [-0.3, -0.25) is 14.5 Å². The van der Waals surface area contributed by atoms with E-state index in [0.29, 0.717) is 6.41 Å². The van der Waals surface area contributed by atoms with Gasteiger partial charge in [-0.15, -0.1) is 0 Å². The van der Waals surface area contributed by atoms with Crippen LogP contribution in [0.3, 0.4) is 0 Å². The van der Waals surface area contributed by atoms with Gasteiger partial charge in [-0.25, -0.2) is 0 Å². The van der Waals surface area contributed by atoms with E-state index in [1.54, 1.807) is 0 Å². The van der Waals surface area contributed by atoms with Crippen molar-refractivity contribution in [3.05, 3.63) is 0 Å². The summed E-state index contributed by atoms with van der Waals surface area (Å²) in [6, 6.07) is 0. The van der Waals surface area contributed by atoms with Crippen LogP contribution in [-0.4, -0.2) is 32.0 Å². The van der Waals surface area contributed by atoms with Crippen molar-refractivity contribution in [2.75, 3.05) is 7.05 Å². The molecule has 0 N–H and O–H groups in total. The summed E-state index contributed by atoms with van der Waals surface area (Å²) in [5.41, 5.74) is 0. The molecule has 0 aromatic rings. The molecule has 0 aromatic heterocycles. The number of amides is 2. The number of imide groups is 1. The van der Waals surface area contributed by atoms with E-state index in [4.69, 9.17) is 0 Å². The van der Waals surface area contributed by atoms with E-state index in [1.165, 1.54) is 7.05 Å². The Labute approximate surface area is 42.7 Å². The number of hydrogen-bond donors (Lipinski definition) is 0. The van der Waals surface area contributed by atoms with Gasteiger partial charge < -0.3 is 0 Å². The fourth-order valence-electron chi connectivity index (χ4n) is 0.0519. The first-order chi connectivity index (χ1) is 3.18. The average Bonchev–Trinajstić information content (AvgIpc) is 1.65. The average molecular weight is 96.9 g/mol. The third-order valence-electron chi connectivity index (χ3n) is 0.506. The van der Waals surface area contributed by atoms with E-state index < -0.39 is 5.81 Å². The molecule has 0 rings (SSSR count). The lowest BCUT2D eigenvalue weighted by Crippen LogP contribution is -2.22. The van der Waals surface area contributed by atoms with Gasteiger partial charge >= 0.3 is 0 Å². The molecular weight excluding hydrogens is 92.8 g/mol. The van der Waals surface area contributed by atoms with Crippen molar-refractivity contribution in [1.82, 2.24) is 4.90 Å². The van der Waals surface area contributed by atoms with Gasteiger partial charge in [-0.2, -0.15) is 0 Å². The summed E-state index contributed by atoms with van der Waals surface area (Å²) in [6.07, 6.45) is 0.350. The second kappa shape index (κ2) is 2.39. The normalized spacial score (nSPS) is 7.57. The minimum Gasteiger partial charge on any atom is -0.298 e. The lowest BCUT2D eigenvalue weighted by Gasteiger charge is -2.01. The maximum absolute atomic E-state index is 9.85. The minimum absolute atomic E-state index is 0.350. The Morgan fingerprint density at radius 2 is 2.29 bits per heavy atom. The SMILES string of the molecule is [B]C(=O)N(C)C=O. The van der Waals surface area contributed by atoms with Gasteiger partial charge in [0.05, 0.1) is 0 Å². The minimum atomic E-state index is -0.741. The molecule has 7 heavy (non-hydrogen) atoms. The largest absolute Gasteiger partial charge is 0.298 e. The van der Waals surface area contributed by atoms with E-state index in [0.717, 1.165) is 4.90 Å². The van der Waals surface area contributed by atoms with E-state index in [2.05, 4.69) is 7.85 Å². The summed E-state index contributed by atoms with van der Waals surface area (Å²) in [7, 11) is 5.89. The van der Waals surface area contributed by atoms with Crippen molar-refractivity contribution < 1.29 is 9.59 Å². The Morgan fingerprint density at radius 3 is 2.29 bits per heavy atom. The number of hydrogen-bond acceptors (Lipinski definition) is 2. The molecule has 2 amide bonds. The molecule has 0 aliphatic heterocycles. The van der Waals surface area contributed by atoms with Crippen molar-refractivity contribution >= 4 is 20.1 Å². The Kier molecular flexibility index (Phi) is 2.12. The van der Waals surface area contributed by atoms with Gasteiger partial charge in [-0.1, -0.05) is 0 Å². The zero-order chi connectivity index (χ0) is 5.86. The van der Waals surface area contributed by atoms with Crippen LogP contribution in [0.5, 0.6) is 0 Å². The Bertz CT molecular complexity index is 92.9. The summed E-state index contributed by atoms with van der Waals surface area (Å²) < 4.78 is 0. The molecule has 3 nitrogen and oxygen atoms in total. The molecule has 0 saturated heterocycles. The standard InChI is InChI=1S/C3H4BNO2/c1-5(2-6)3(4)7/h2H,1H3. The zero-order valence-corrected chi connectivity index (χ0v) is 3.92. The van der Waals surface area contributed by atoms with Crippen LogP contribution in [0.15, 0.2) is 0 Å². The molecule has 0 spiro atoms. The summed E-state index contributed by atoms with van der Waals surface area (Å²) >= 11 is 0. The van der Waals surface area contributed by atoms with E-state index in [-0.39, 0.29) is 0 Å². The molecular formula is C3H4BNO2. The summed E-state index contributed by atoms with van der Waals surface area (Å²) in [4.78, 5) is 20.2. The first kappa shape index (κ1) is 6.20. The Morgan fingerprint density at radius 1 is 1.86 bits per heavy atom. The zero-order valence-electron chi connectivity index (χ0n) is 3.92. The van der Waals surface area contributed by atoms with Crippen molar-refractivity contribution in [1.29, 1.82) is 0 Å². The highest BCUT2D eigenvalue weighted by atomic mass is 16.2. The smallest absolute Gasteiger partial charge is 0.215 e. The molecule has 2 radical (unpaired) electrons. The molecule has 0 heterocycles. The molecule has 0 fully saturated rings. The molecule has 4 heteroatoms. The van der Waals surface area contributed by atoms with Crippen LogP contribution in [0.4, 0.5) is 4.79 Å². The van der Waals surface area contributed by atoms with Crippen LogP contribution in [0, 0.1) is 0 Å². The first-order valence-electron chi connectivity index (χ1n) is 1.66. The second-order valence-corrected chi connectivity index (χ2v) is 1.05. The second-order valence-electron chi connectivity index (χ2n) is 1.05. The van der Waals surface area contributed by atoms with Gasteiger partial charge in [0.15, 0.2) is 5.81 Å². The van der Waals surface area contributed by atoms with Gasteiger partial charge in [-0.05, 0) is 0 Å². The molecule has 0 unspecified atom stereocenters. The van der Waals surface area contributed by atoms with Crippen LogP contribution in [0.1, 0.15) is 0 Å². The van der Waals surface area contributed by atoms with E-state index in [1.807, 2.05) is 0 Å². The fraction of sp³-hybridized carbons (Fsp3) is 0.333. The molecule has 0 bridgehead atoms. The Balaban J connectivity index is 3.55. The van der Waals surface area contributed by atoms with Crippen molar-refractivity contribution in [3.63, 3.8) is 0 Å². The molecule has 0 aromatic carbocycles. The van der Waals surface area contributed by atoms with Crippen molar-refractivity contribution in [2.45, 2.75) is 0 Å². The number of nitrogens with zero attached hydrogens (tertiary/aromatic N) is 1. The van der Waals surface area contributed by atoms with Crippen LogP contribution in [0.2, 0.25) is 0 Å². The highest BCUT2D eigenvalue weighted by Crippen LogP contribution is 1.71. The molecule has 0 aliphatic rings. The summed E-state index contributed by atoms with van der Waals surface area (Å²) in [5, 5.41) is 0. The van der Waals surface area contributed by atoms with E-state index >= 15 is 0 Å². The maximum atomic E-state index is 9.85. The quantitative estimate of drug-likeness (QED) is 0.322. The monoisotopic (exact) mass is 97.0 g/mol.